The highest BCUT2D eigenvalue weighted by Crippen LogP contribution is 2.39. The van der Waals surface area contributed by atoms with Crippen LogP contribution in [0, 0.1) is 0 Å². The Morgan fingerprint density at radius 3 is 2.50 bits per heavy atom. The maximum atomic E-state index is 13.2. The van der Waals surface area contributed by atoms with E-state index in [4.69, 9.17) is 33.3 Å². The number of hydrogen-bond acceptors (Lipinski definition) is 6. The highest BCUT2D eigenvalue weighted by Gasteiger charge is 2.41. The van der Waals surface area contributed by atoms with Crippen LogP contribution in [0.15, 0.2) is 77.7 Å². The molecule has 1 atom stereocenters. The van der Waals surface area contributed by atoms with Crippen LogP contribution in [0.1, 0.15) is 29.7 Å². The monoisotopic (exact) mass is 539 g/mol. The number of nitrogens with zero attached hydrogens (tertiary/aromatic N) is 1. The molecule has 3 aromatic carbocycles. The molecule has 36 heavy (non-hydrogen) atoms. The highest BCUT2D eigenvalue weighted by molar-refractivity contribution is 8.26. The van der Waals surface area contributed by atoms with Crippen molar-refractivity contribution in [3.63, 3.8) is 0 Å². The second kappa shape index (κ2) is 11.6. The van der Waals surface area contributed by atoms with Gasteiger partial charge in [0.05, 0.1) is 11.5 Å². The number of ether oxygens (including phenoxy) is 2. The van der Waals surface area contributed by atoms with Gasteiger partial charge in [0.2, 0.25) is 0 Å². The average molecular weight is 540 g/mol. The van der Waals surface area contributed by atoms with Crippen molar-refractivity contribution in [3.05, 3.63) is 99.4 Å². The van der Waals surface area contributed by atoms with Gasteiger partial charge in [-0.2, -0.15) is 0 Å². The molecular formula is C27H22ClNO5S2. The van der Waals surface area contributed by atoms with Crippen molar-refractivity contribution in [2.45, 2.75) is 19.6 Å². The van der Waals surface area contributed by atoms with Gasteiger partial charge < -0.3 is 14.6 Å². The van der Waals surface area contributed by atoms with E-state index in [2.05, 4.69) is 0 Å². The molecule has 1 heterocycles. The first-order valence-corrected chi connectivity index (χ1v) is 12.7. The number of thiocarbonyl (C=S) groups is 1. The number of carboxylic acid groups (broad SMARTS) is 1. The summed E-state index contributed by atoms with van der Waals surface area (Å²) in [6.07, 6.45) is 1.67. The number of carboxylic acids is 1. The lowest BCUT2D eigenvalue weighted by atomic mass is 10.1. The van der Waals surface area contributed by atoms with Crippen LogP contribution in [-0.4, -0.2) is 32.8 Å². The van der Waals surface area contributed by atoms with Gasteiger partial charge in [-0.15, -0.1) is 0 Å². The second-order valence-corrected chi connectivity index (χ2v) is 9.81. The molecule has 4 rings (SSSR count). The molecule has 3 aromatic rings. The van der Waals surface area contributed by atoms with Crippen LogP contribution < -0.4 is 9.47 Å². The SMILES string of the molecule is CCOc1cc(/C=C2\SC(=S)N(C(C(=O)O)c3ccccc3)C2=O)ccc1OCc1ccccc1Cl. The van der Waals surface area contributed by atoms with Gasteiger partial charge in [0.15, 0.2) is 17.5 Å². The number of hydrogen-bond donors (Lipinski definition) is 1. The Bertz CT molecular complexity index is 1330. The van der Waals surface area contributed by atoms with Crippen molar-refractivity contribution >= 4 is 57.9 Å². The topological polar surface area (TPSA) is 76.1 Å². The molecule has 0 bridgehead atoms. The molecule has 1 amide bonds. The van der Waals surface area contributed by atoms with Crippen molar-refractivity contribution in [2.24, 2.45) is 0 Å². The van der Waals surface area contributed by atoms with Crippen molar-refractivity contribution in [1.82, 2.24) is 4.90 Å². The molecule has 0 aromatic heterocycles. The van der Waals surface area contributed by atoms with E-state index in [1.165, 1.54) is 0 Å². The van der Waals surface area contributed by atoms with Crippen LogP contribution in [0.25, 0.3) is 6.08 Å². The van der Waals surface area contributed by atoms with E-state index in [9.17, 15) is 14.7 Å². The quantitative estimate of drug-likeness (QED) is 0.251. The van der Waals surface area contributed by atoms with Crippen LogP contribution in [0.3, 0.4) is 0 Å². The standard InChI is InChI=1S/C27H22ClNO5S2/c1-2-33-22-14-17(12-13-21(22)34-16-19-10-6-7-11-20(19)28)15-23-25(30)29(27(35)36-23)24(26(31)32)18-8-4-3-5-9-18/h3-15,24H,2,16H2,1H3,(H,31,32)/b23-15-. The summed E-state index contributed by atoms with van der Waals surface area (Å²) in [7, 11) is 0. The van der Waals surface area contributed by atoms with Gasteiger partial charge >= 0.3 is 5.97 Å². The zero-order valence-electron chi connectivity index (χ0n) is 19.2. The fourth-order valence-electron chi connectivity index (χ4n) is 3.66. The number of amides is 1. The van der Waals surface area contributed by atoms with Gasteiger partial charge in [-0.3, -0.25) is 9.69 Å². The van der Waals surface area contributed by atoms with Gasteiger partial charge in [0, 0.05) is 10.6 Å². The minimum absolute atomic E-state index is 0.187. The van der Waals surface area contributed by atoms with E-state index in [0.717, 1.165) is 22.2 Å². The van der Waals surface area contributed by atoms with Crippen LogP contribution in [0.2, 0.25) is 5.02 Å². The second-order valence-electron chi connectivity index (χ2n) is 7.72. The number of thioether (sulfide) groups is 1. The summed E-state index contributed by atoms with van der Waals surface area (Å²) in [6, 6.07) is 20.1. The van der Waals surface area contributed by atoms with Crippen molar-refractivity contribution in [1.29, 1.82) is 0 Å². The smallest absolute Gasteiger partial charge is 0.331 e. The average Bonchev–Trinajstić information content (AvgIpc) is 3.13. The predicted octanol–water partition coefficient (Wildman–Crippen LogP) is 6.34. The molecule has 184 valence electrons. The first-order chi connectivity index (χ1) is 17.4. The van der Waals surface area contributed by atoms with Gasteiger partial charge in [-0.1, -0.05) is 90.2 Å². The van der Waals surface area contributed by atoms with E-state index in [0.29, 0.717) is 39.2 Å². The molecule has 1 fully saturated rings. The van der Waals surface area contributed by atoms with Gasteiger partial charge in [0.25, 0.3) is 5.91 Å². The van der Waals surface area contributed by atoms with Crippen molar-refractivity contribution in [2.75, 3.05) is 6.61 Å². The Morgan fingerprint density at radius 2 is 1.81 bits per heavy atom. The summed E-state index contributed by atoms with van der Waals surface area (Å²) >= 11 is 12.7. The van der Waals surface area contributed by atoms with Crippen LogP contribution in [0.5, 0.6) is 11.5 Å². The molecule has 0 saturated carbocycles. The van der Waals surface area contributed by atoms with E-state index < -0.39 is 17.9 Å². The molecular weight excluding hydrogens is 518 g/mol. The zero-order valence-corrected chi connectivity index (χ0v) is 21.6. The maximum absolute atomic E-state index is 13.2. The fraction of sp³-hybridized carbons (Fsp3) is 0.148. The molecule has 0 radical (unpaired) electrons. The van der Waals surface area contributed by atoms with Crippen molar-refractivity contribution < 1.29 is 24.2 Å². The molecule has 1 unspecified atom stereocenters. The molecule has 6 nitrogen and oxygen atoms in total. The molecule has 1 aliphatic rings. The molecule has 0 spiro atoms. The van der Waals surface area contributed by atoms with Crippen LogP contribution >= 0.6 is 35.6 Å². The molecule has 9 heteroatoms. The normalized spacial score (nSPS) is 15.3. The lowest BCUT2D eigenvalue weighted by Gasteiger charge is -2.23. The van der Waals surface area contributed by atoms with Gasteiger partial charge in [-0.25, -0.2) is 4.79 Å². The number of aliphatic carboxylic acids is 1. The molecule has 1 saturated heterocycles. The first kappa shape index (κ1) is 25.8. The minimum atomic E-state index is -1.20. The predicted molar refractivity (Wildman–Crippen MR) is 145 cm³/mol. The van der Waals surface area contributed by atoms with E-state index in [-0.39, 0.29) is 10.9 Å². The lowest BCUT2D eigenvalue weighted by Crippen LogP contribution is -2.37. The van der Waals surface area contributed by atoms with E-state index >= 15 is 0 Å². The Hall–Kier alpha value is -3.33. The summed E-state index contributed by atoms with van der Waals surface area (Å²) in [4.78, 5) is 26.8. The Labute approximate surface area is 223 Å². The summed E-state index contributed by atoms with van der Waals surface area (Å²) in [6.45, 7) is 2.56. The largest absolute Gasteiger partial charge is 0.490 e. The summed E-state index contributed by atoms with van der Waals surface area (Å²) in [5.74, 6) is -0.561. The van der Waals surface area contributed by atoms with Gasteiger partial charge in [0.1, 0.15) is 10.9 Å². The summed E-state index contributed by atoms with van der Waals surface area (Å²) in [5, 5.41) is 10.5. The number of carbonyl (C=O) groups excluding carboxylic acids is 1. The minimum Gasteiger partial charge on any atom is -0.490 e. The molecule has 1 aliphatic heterocycles. The third kappa shape index (κ3) is 5.73. The maximum Gasteiger partial charge on any atom is 0.331 e. The van der Waals surface area contributed by atoms with Crippen LogP contribution in [0.4, 0.5) is 0 Å². The zero-order chi connectivity index (χ0) is 25.7. The third-order valence-corrected chi connectivity index (χ3v) is 7.04. The number of benzene rings is 3. The van der Waals surface area contributed by atoms with E-state index in [1.807, 2.05) is 25.1 Å². The summed E-state index contributed by atoms with van der Waals surface area (Å²) < 4.78 is 11.9. The molecule has 1 N–H and O–H groups in total. The van der Waals surface area contributed by atoms with E-state index in [1.54, 1.807) is 60.7 Å². The highest BCUT2D eigenvalue weighted by atomic mass is 35.5. The Morgan fingerprint density at radius 1 is 1.08 bits per heavy atom. The van der Waals surface area contributed by atoms with Crippen LogP contribution in [-0.2, 0) is 16.2 Å². The Kier molecular flexibility index (Phi) is 8.30. The third-order valence-electron chi connectivity index (χ3n) is 5.34. The number of halogens is 1. The van der Waals surface area contributed by atoms with Crippen molar-refractivity contribution in [3.8, 4) is 11.5 Å². The number of carbonyl (C=O) groups is 2. The number of rotatable bonds is 9. The summed E-state index contributed by atoms with van der Waals surface area (Å²) in [5.41, 5.74) is 2.01. The van der Waals surface area contributed by atoms with Gasteiger partial charge in [-0.05, 0) is 42.3 Å². The molecule has 0 aliphatic carbocycles. The lowest BCUT2D eigenvalue weighted by molar-refractivity contribution is -0.145. The Balaban J connectivity index is 1.58. The first-order valence-electron chi connectivity index (χ1n) is 11.1. The fourth-order valence-corrected chi connectivity index (χ4v) is 5.17.